The van der Waals surface area contributed by atoms with E-state index in [0.717, 1.165) is 7.11 Å². The minimum Gasteiger partial charge on any atom is -0.184 e. The largest absolute Gasteiger partial charge is 0.184 e. The molecule has 4 heteroatoms. The van der Waals surface area contributed by atoms with Crippen molar-refractivity contribution >= 4 is 17.0 Å². The van der Waals surface area contributed by atoms with Crippen molar-refractivity contribution in [2.45, 2.75) is 0 Å². The molecule has 11 heavy (non-hydrogen) atoms. The third-order valence-corrected chi connectivity index (χ3v) is 0.607. The first kappa shape index (κ1) is 14.2. The molecule has 0 amide bonds. The number of hydrogen-bond donors (Lipinski definition) is 1. The van der Waals surface area contributed by atoms with Crippen molar-refractivity contribution in [3.63, 3.8) is 0 Å². The normalized spacial score (nSPS) is 6.18. The smallest absolute Gasteiger partial charge is 0.171 e. The number of rotatable bonds is 0. The van der Waals surface area contributed by atoms with Gasteiger partial charge >= 0.3 is 37.9 Å². The zero-order chi connectivity index (χ0) is 8.95. The molecule has 0 saturated heterocycles. The van der Waals surface area contributed by atoms with Gasteiger partial charge in [-0.3, -0.25) is 0 Å². The van der Waals surface area contributed by atoms with E-state index in [0.29, 0.717) is 0 Å². The van der Waals surface area contributed by atoms with E-state index < -0.39 is 20.8 Å². The van der Waals surface area contributed by atoms with Gasteiger partial charge in [0.25, 0.3) is 0 Å². The molecule has 0 aliphatic rings. The average molecular weight is 271 g/mol. The third-order valence-electron chi connectivity index (χ3n) is 0.607. The monoisotopic (exact) mass is 269 g/mol. The van der Waals surface area contributed by atoms with Crippen molar-refractivity contribution in [3.8, 4) is 0 Å². The van der Waals surface area contributed by atoms with Crippen molar-refractivity contribution in [2.75, 3.05) is 7.11 Å². The molecule has 0 saturated carbocycles. The minimum absolute atomic E-state index is 0.826. The maximum Gasteiger partial charge on any atom is -0.171 e. The Balaban J connectivity index is 0. The van der Waals surface area contributed by atoms with E-state index >= 15 is 0 Å². The van der Waals surface area contributed by atoms with E-state index in [-0.39, 0.29) is 0 Å². The predicted octanol–water partition coefficient (Wildman–Crippen LogP) is 2.47. The summed E-state index contributed by atoms with van der Waals surface area (Å²) < 4.78 is 0. The molecule has 62 valence electrons. The Kier molecular flexibility index (Phi) is 21.8. The Morgan fingerprint density at radius 1 is 1.09 bits per heavy atom. The summed E-state index contributed by atoms with van der Waals surface area (Å²) in [5.74, 6) is 0. The van der Waals surface area contributed by atoms with E-state index in [9.17, 15) is 0 Å². The second-order valence-electron chi connectivity index (χ2n) is 1.15. The van der Waals surface area contributed by atoms with E-state index in [1.807, 2.05) is 30.3 Å². The Hall–Kier alpha value is 0.643. The second-order valence-corrected chi connectivity index (χ2v) is 4.88. The molecular formula is C7H9Cl2OZr-. The molecule has 0 spiro atoms. The Bertz CT molecular complexity index is 99.3. The molecule has 0 fully saturated rings. The predicted molar refractivity (Wildman–Crippen MR) is 45.1 cm³/mol. The topological polar surface area (TPSA) is 20.2 Å². The summed E-state index contributed by atoms with van der Waals surface area (Å²) in [5, 5.41) is 7.00. The molecule has 0 radical (unpaired) electrons. The van der Waals surface area contributed by atoms with Gasteiger partial charge in [-0.25, -0.2) is 0 Å². The van der Waals surface area contributed by atoms with Gasteiger partial charge in [0.15, 0.2) is 0 Å². The number of aliphatic hydroxyl groups excluding tert-OH is 1. The van der Waals surface area contributed by atoms with Gasteiger partial charge < -0.3 is 5.11 Å². The van der Waals surface area contributed by atoms with Crippen LogP contribution in [-0.4, -0.2) is 12.2 Å². The van der Waals surface area contributed by atoms with Gasteiger partial charge in [-0.05, 0) is 0 Å². The molecule has 0 aromatic heterocycles. The number of aliphatic hydroxyl groups is 1. The summed E-state index contributed by atoms with van der Waals surface area (Å²) in [6.45, 7) is 0. The van der Waals surface area contributed by atoms with Gasteiger partial charge in [-0.2, -0.15) is 36.4 Å². The Labute approximate surface area is 86.0 Å². The van der Waals surface area contributed by atoms with Crippen molar-refractivity contribution < 1.29 is 26.0 Å². The van der Waals surface area contributed by atoms with Crippen molar-refractivity contribution in [1.29, 1.82) is 0 Å². The van der Waals surface area contributed by atoms with Crippen LogP contribution in [0.3, 0.4) is 0 Å². The molecule has 0 aliphatic carbocycles. The number of benzene rings is 1. The number of halogens is 2. The molecule has 1 N–H and O–H groups in total. The molecule has 0 unspecified atom stereocenters. The van der Waals surface area contributed by atoms with Gasteiger partial charge in [0.05, 0.1) is 0 Å². The van der Waals surface area contributed by atoms with Crippen LogP contribution in [0.25, 0.3) is 0 Å². The van der Waals surface area contributed by atoms with Crippen LogP contribution in [0, 0.1) is 6.07 Å². The van der Waals surface area contributed by atoms with Gasteiger partial charge in [-0.15, -0.1) is 0 Å². The van der Waals surface area contributed by atoms with Gasteiger partial charge in [0.1, 0.15) is 0 Å². The van der Waals surface area contributed by atoms with Crippen molar-refractivity contribution in [1.82, 2.24) is 0 Å². The van der Waals surface area contributed by atoms with Crippen LogP contribution in [0.1, 0.15) is 0 Å². The molecule has 0 bridgehead atoms. The van der Waals surface area contributed by atoms with Crippen molar-refractivity contribution in [3.05, 3.63) is 36.4 Å². The van der Waals surface area contributed by atoms with Gasteiger partial charge in [-0.1, -0.05) is 0 Å². The summed E-state index contributed by atoms with van der Waals surface area (Å²) in [6.07, 6.45) is 0. The summed E-state index contributed by atoms with van der Waals surface area (Å²) in [4.78, 5) is 0. The van der Waals surface area contributed by atoms with Gasteiger partial charge in [0, 0.05) is 7.11 Å². The van der Waals surface area contributed by atoms with Crippen LogP contribution in [0.4, 0.5) is 0 Å². The first-order valence-electron chi connectivity index (χ1n) is 2.74. The molecule has 1 nitrogen and oxygen atoms in total. The standard InChI is InChI=1S/C6H5.CH4O.2ClH.Zr/c1-2-4-6-5-3-1;1-2;;;/h1-5H;2H,1H3;2*1H;/q-1;;;;+2/p-2. The van der Waals surface area contributed by atoms with Crippen LogP contribution in [0.15, 0.2) is 30.3 Å². The average Bonchev–Trinajstić information content (AvgIpc) is 2.12. The van der Waals surface area contributed by atoms with E-state index in [4.69, 9.17) is 22.1 Å². The van der Waals surface area contributed by atoms with Crippen LogP contribution in [0.2, 0.25) is 0 Å². The molecular weight excluding hydrogens is 262 g/mol. The molecule has 1 aromatic rings. The third kappa shape index (κ3) is 18.0. The van der Waals surface area contributed by atoms with E-state index in [1.54, 1.807) is 0 Å². The maximum absolute atomic E-state index is 7.00. The summed E-state index contributed by atoms with van der Waals surface area (Å²) in [7, 11) is 10.9. The molecule has 1 rings (SSSR count). The second kappa shape index (κ2) is 16.9. The minimum atomic E-state index is -0.826. The van der Waals surface area contributed by atoms with Gasteiger partial charge in [0.2, 0.25) is 0 Å². The van der Waals surface area contributed by atoms with Crippen LogP contribution in [0.5, 0.6) is 0 Å². The summed E-state index contributed by atoms with van der Waals surface area (Å²) in [5.41, 5.74) is 0. The summed E-state index contributed by atoms with van der Waals surface area (Å²) >= 11 is -0.826. The zero-order valence-corrected chi connectivity index (χ0v) is 10.1. The fraction of sp³-hybridized carbons (Fsp3) is 0.143. The Morgan fingerprint density at radius 3 is 1.55 bits per heavy atom. The Morgan fingerprint density at radius 2 is 1.45 bits per heavy atom. The van der Waals surface area contributed by atoms with E-state index in [2.05, 4.69) is 6.07 Å². The molecule has 0 heterocycles. The first-order valence-corrected chi connectivity index (χ1v) is 9.07. The maximum atomic E-state index is 7.00. The van der Waals surface area contributed by atoms with Crippen LogP contribution >= 0.6 is 17.0 Å². The molecule has 0 aliphatic heterocycles. The summed E-state index contributed by atoms with van der Waals surface area (Å²) in [6, 6.07) is 12.5. The first-order chi connectivity index (χ1) is 5.41. The van der Waals surface area contributed by atoms with Crippen molar-refractivity contribution in [2.24, 2.45) is 0 Å². The van der Waals surface area contributed by atoms with Crippen LogP contribution in [-0.2, 0) is 20.8 Å². The van der Waals surface area contributed by atoms with E-state index in [1.165, 1.54) is 0 Å². The van der Waals surface area contributed by atoms with Crippen LogP contribution < -0.4 is 0 Å². The zero-order valence-electron chi connectivity index (χ0n) is 6.09. The number of hydrogen-bond acceptors (Lipinski definition) is 1. The fourth-order valence-corrected chi connectivity index (χ4v) is 0.342. The quantitative estimate of drug-likeness (QED) is 0.719. The molecule has 0 atom stereocenters. The fourth-order valence-electron chi connectivity index (χ4n) is 0.342. The molecule has 1 aromatic carbocycles. The SMILES string of the molecule is CO.[Cl][Zr][Cl].[c-]1ccccc1.